The summed E-state index contributed by atoms with van der Waals surface area (Å²) >= 11 is 0. The van der Waals surface area contributed by atoms with Crippen molar-refractivity contribution in [3.63, 3.8) is 0 Å². The van der Waals surface area contributed by atoms with Gasteiger partial charge in [0.2, 0.25) is 0 Å². The van der Waals surface area contributed by atoms with Crippen LogP contribution in [0.1, 0.15) is 47.0 Å². The van der Waals surface area contributed by atoms with Gasteiger partial charge < -0.3 is 14.8 Å². The molecule has 1 rings (SSSR count). The van der Waals surface area contributed by atoms with Crippen LogP contribution in [0.5, 0.6) is 0 Å². The SMILES string of the molecule is C=CC(=O)OCCOC(=O)NCC1(C)CC(C)CC(C)(C)C1. The zero-order valence-electron chi connectivity index (χ0n) is 14.2. The number of carbonyl (C=O) groups excluding carboxylic acids is 2. The van der Waals surface area contributed by atoms with E-state index < -0.39 is 12.1 Å². The molecule has 0 radical (unpaired) electrons. The van der Waals surface area contributed by atoms with Crippen LogP contribution < -0.4 is 5.32 Å². The molecule has 1 saturated carbocycles. The maximum absolute atomic E-state index is 11.7. The Morgan fingerprint density at radius 1 is 1.23 bits per heavy atom. The minimum absolute atomic E-state index is 0.0413. The zero-order valence-corrected chi connectivity index (χ0v) is 14.2. The molecule has 0 bridgehead atoms. The van der Waals surface area contributed by atoms with Gasteiger partial charge in [0.1, 0.15) is 13.2 Å². The molecule has 2 unspecified atom stereocenters. The van der Waals surface area contributed by atoms with Crippen LogP contribution >= 0.6 is 0 Å². The number of esters is 1. The molecule has 0 spiro atoms. The second kappa shape index (κ2) is 7.65. The lowest BCUT2D eigenvalue weighted by atomic mass is 9.61. The highest BCUT2D eigenvalue weighted by Gasteiger charge is 2.39. The minimum atomic E-state index is -0.519. The van der Waals surface area contributed by atoms with E-state index >= 15 is 0 Å². The number of carbonyl (C=O) groups is 2. The normalized spacial score (nSPS) is 26.8. The standard InChI is InChI=1S/C17H29NO4/c1-6-14(19)21-7-8-22-15(20)18-12-17(5)10-13(2)9-16(3,4)11-17/h6,13H,1,7-12H2,2-5H3,(H,18,20). The predicted octanol–water partition coefficient (Wildman–Crippen LogP) is 3.29. The summed E-state index contributed by atoms with van der Waals surface area (Å²) < 4.78 is 9.73. The van der Waals surface area contributed by atoms with E-state index in [-0.39, 0.29) is 18.6 Å². The van der Waals surface area contributed by atoms with Crippen molar-refractivity contribution in [3.8, 4) is 0 Å². The van der Waals surface area contributed by atoms with Crippen molar-refractivity contribution in [2.45, 2.75) is 47.0 Å². The molecule has 1 fully saturated rings. The van der Waals surface area contributed by atoms with Crippen LogP contribution in [0.2, 0.25) is 0 Å². The van der Waals surface area contributed by atoms with E-state index in [1.165, 1.54) is 6.42 Å². The lowest BCUT2D eigenvalue weighted by Gasteiger charge is -2.45. The van der Waals surface area contributed by atoms with Gasteiger partial charge in [-0.05, 0) is 36.0 Å². The summed E-state index contributed by atoms with van der Waals surface area (Å²) in [5.41, 5.74) is 0.395. The molecule has 0 aromatic carbocycles. The van der Waals surface area contributed by atoms with Crippen LogP contribution in [0.3, 0.4) is 0 Å². The Balaban J connectivity index is 2.30. The molecule has 1 N–H and O–H groups in total. The fraction of sp³-hybridized carbons (Fsp3) is 0.765. The Kier molecular flexibility index (Phi) is 6.45. The fourth-order valence-corrected chi connectivity index (χ4v) is 3.96. The van der Waals surface area contributed by atoms with E-state index in [1.54, 1.807) is 0 Å². The summed E-state index contributed by atoms with van der Waals surface area (Å²) in [7, 11) is 0. The van der Waals surface area contributed by atoms with Gasteiger partial charge in [-0.15, -0.1) is 0 Å². The molecule has 1 aliphatic carbocycles. The van der Waals surface area contributed by atoms with Gasteiger partial charge in [-0.25, -0.2) is 9.59 Å². The summed E-state index contributed by atoms with van der Waals surface area (Å²) in [4.78, 5) is 22.5. The molecule has 0 heterocycles. The van der Waals surface area contributed by atoms with E-state index in [9.17, 15) is 9.59 Å². The van der Waals surface area contributed by atoms with Gasteiger partial charge >= 0.3 is 12.1 Å². The third-order valence-corrected chi connectivity index (χ3v) is 4.03. The van der Waals surface area contributed by atoms with Crippen molar-refractivity contribution in [3.05, 3.63) is 12.7 Å². The number of hydrogen-bond acceptors (Lipinski definition) is 4. The third-order valence-electron chi connectivity index (χ3n) is 4.03. The quantitative estimate of drug-likeness (QED) is 0.464. The predicted molar refractivity (Wildman–Crippen MR) is 85.4 cm³/mol. The van der Waals surface area contributed by atoms with Gasteiger partial charge in [0, 0.05) is 12.6 Å². The molecular weight excluding hydrogens is 282 g/mol. The van der Waals surface area contributed by atoms with E-state index in [1.807, 2.05) is 0 Å². The molecule has 0 saturated heterocycles. The Labute approximate surface area is 133 Å². The number of nitrogens with one attached hydrogen (secondary N) is 1. The molecule has 0 aromatic heterocycles. The number of hydrogen-bond donors (Lipinski definition) is 1. The van der Waals surface area contributed by atoms with Gasteiger partial charge in [-0.3, -0.25) is 0 Å². The molecular formula is C17H29NO4. The minimum Gasteiger partial charge on any atom is -0.459 e. The topological polar surface area (TPSA) is 64.6 Å². The number of ether oxygens (including phenoxy) is 2. The molecule has 2 atom stereocenters. The summed E-state index contributed by atoms with van der Waals surface area (Å²) in [5, 5.41) is 2.83. The van der Waals surface area contributed by atoms with Gasteiger partial charge in [0.05, 0.1) is 0 Å². The van der Waals surface area contributed by atoms with Crippen LogP contribution in [0.15, 0.2) is 12.7 Å². The molecule has 22 heavy (non-hydrogen) atoms. The van der Waals surface area contributed by atoms with Crippen LogP contribution in [-0.2, 0) is 14.3 Å². The second-order valence-electron chi connectivity index (χ2n) is 7.53. The first-order valence-corrected chi connectivity index (χ1v) is 7.86. The Morgan fingerprint density at radius 2 is 1.86 bits per heavy atom. The van der Waals surface area contributed by atoms with Crippen LogP contribution in [0.25, 0.3) is 0 Å². The van der Waals surface area contributed by atoms with Crippen molar-refractivity contribution in [2.75, 3.05) is 19.8 Å². The van der Waals surface area contributed by atoms with Crippen molar-refractivity contribution in [2.24, 2.45) is 16.7 Å². The highest BCUT2D eigenvalue weighted by molar-refractivity contribution is 5.81. The third kappa shape index (κ3) is 6.50. The largest absolute Gasteiger partial charge is 0.459 e. The molecule has 0 aliphatic heterocycles. The summed E-state index contributed by atoms with van der Waals surface area (Å²) in [6.07, 6.45) is 4.02. The van der Waals surface area contributed by atoms with Crippen LogP contribution in [-0.4, -0.2) is 31.8 Å². The van der Waals surface area contributed by atoms with Gasteiger partial charge in [0.25, 0.3) is 0 Å². The van der Waals surface area contributed by atoms with E-state index in [2.05, 4.69) is 39.6 Å². The lowest BCUT2D eigenvalue weighted by Crippen LogP contribution is -2.43. The Morgan fingerprint density at radius 3 is 2.45 bits per heavy atom. The van der Waals surface area contributed by atoms with Crippen molar-refractivity contribution in [1.82, 2.24) is 5.32 Å². The Hall–Kier alpha value is -1.52. The highest BCUT2D eigenvalue weighted by Crippen LogP contribution is 2.48. The van der Waals surface area contributed by atoms with E-state index in [4.69, 9.17) is 9.47 Å². The maximum atomic E-state index is 11.7. The highest BCUT2D eigenvalue weighted by atomic mass is 16.6. The average molecular weight is 311 g/mol. The van der Waals surface area contributed by atoms with Crippen molar-refractivity contribution < 1.29 is 19.1 Å². The van der Waals surface area contributed by atoms with Crippen LogP contribution in [0, 0.1) is 16.7 Å². The number of rotatable bonds is 6. The van der Waals surface area contributed by atoms with E-state index in [0.29, 0.717) is 17.9 Å². The first kappa shape index (κ1) is 18.5. The summed E-state index contributed by atoms with van der Waals surface area (Å²) in [6.45, 7) is 13.0. The van der Waals surface area contributed by atoms with Crippen molar-refractivity contribution >= 4 is 12.1 Å². The first-order chi connectivity index (χ1) is 10.2. The smallest absolute Gasteiger partial charge is 0.407 e. The Bertz CT molecular complexity index is 419. The van der Waals surface area contributed by atoms with E-state index in [0.717, 1.165) is 18.9 Å². The van der Waals surface area contributed by atoms with Crippen molar-refractivity contribution in [1.29, 1.82) is 0 Å². The van der Waals surface area contributed by atoms with Gasteiger partial charge in [0.15, 0.2) is 0 Å². The lowest BCUT2D eigenvalue weighted by molar-refractivity contribution is -0.138. The maximum Gasteiger partial charge on any atom is 0.407 e. The average Bonchev–Trinajstić information content (AvgIpc) is 2.38. The molecule has 5 nitrogen and oxygen atoms in total. The summed E-state index contributed by atoms with van der Waals surface area (Å²) in [5.74, 6) is 0.139. The number of amides is 1. The first-order valence-electron chi connectivity index (χ1n) is 7.86. The van der Waals surface area contributed by atoms with Gasteiger partial charge in [-0.1, -0.05) is 34.3 Å². The fourth-order valence-electron chi connectivity index (χ4n) is 3.96. The molecule has 126 valence electrons. The molecule has 1 aliphatic rings. The molecule has 0 aromatic rings. The second-order valence-corrected chi connectivity index (χ2v) is 7.53. The monoisotopic (exact) mass is 311 g/mol. The molecule has 5 heteroatoms. The van der Waals surface area contributed by atoms with Gasteiger partial charge in [-0.2, -0.15) is 0 Å². The zero-order chi connectivity index (χ0) is 16.8. The number of alkyl carbamates (subject to hydrolysis) is 1. The van der Waals surface area contributed by atoms with Crippen LogP contribution in [0.4, 0.5) is 4.79 Å². The molecule has 1 amide bonds. The summed E-state index contributed by atoms with van der Waals surface area (Å²) in [6, 6.07) is 0.